The topological polar surface area (TPSA) is 51.9 Å². The number of ether oxygens (including phenoxy) is 2. The molecule has 1 saturated heterocycles. The van der Waals surface area contributed by atoms with E-state index in [1.807, 2.05) is 26.8 Å². The minimum Gasteiger partial charge on any atom is -0.472 e. The lowest BCUT2D eigenvalue weighted by molar-refractivity contribution is -0.0365. The van der Waals surface area contributed by atoms with E-state index in [1.54, 1.807) is 17.4 Å². The molecule has 5 heteroatoms. The van der Waals surface area contributed by atoms with Gasteiger partial charge in [-0.2, -0.15) is 0 Å². The van der Waals surface area contributed by atoms with E-state index < -0.39 is 5.60 Å². The standard InChI is InChI=1S/C18H29NO4/c1-13(2)11-22-16-10-19(17(20)23-18(3,4)5)8-6-15(16)14-7-9-21-12-14/h7,9,12-13,15-16H,6,8,10-11H2,1-5H3. The SMILES string of the molecule is CC(C)COC1CN(C(=O)OC(C)(C)C)CCC1c1ccoc1. The van der Waals surface area contributed by atoms with E-state index in [0.29, 0.717) is 25.6 Å². The quantitative estimate of drug-likeness (QED) is 0.839. The second-order valence-corrected chi connectivity index (χ2v) is 7.64. The number of carbonyl (C=O) groups is 1. The van der Waals surface area contributed by atoms with E-state index in [4.69, 9.17) is 13.9 Å². The van der Waals surface area contributed by atoms with Gasteiger partial charge in [-0.1, -0.05) is 13.8 Å². The van der Waals surface area contributed by atoms with Gasteiger partial charge in [0.2, 0.25) is 0 Å². The second-order valence-electron chi connectivity index (χ2n) is 7.64. The lowest BCUT2D eigenvalue weighted by atomic mass is 9.88. The largest absolute Gasteiger partial charge is 0.472 e. The molecule has 0 bridgehead atoms. The summed E-state index contributed by atoms with van der Waals surface area (Å²) in [6.07, 6.45) is 4.02. The van der Waals surface area contributed by atoms with Crippen molar-refractivity contribution < 1.29 is 18.7 Å². The first-order chi connectivity index (χ1) is 10.8. The zero-order valence-electron chi connectivity index (χ0n) is 14.9. The van der Waals surface area contributed by atoms with Gasteiger partial charge in [0.1, 0.15) is 5.60 Å². The molecule has 1 fully saturated rings. The number of likely N-dealkylation sites (tertiary alicyclic amines) is 1. The lowest BCUT2D eigenvalue weighted by Gasteiger charge is -2.38. The molecule has 23 heavy (non-hydrogen) atoms. The average Bonchev–Trinajstić information content (AvgIpc) is 2.96. The maximum absolute atomic E-state index is 12.3. The van der Waals surface area contributed by atoms with Crippen LogP contribution in [0.4, 0.5) is 4.79 Å². The van der Waals surface area contributed by atoms with E-state index in [2.05, 4.69) is 13.8 Å². The van der Waals surface area contributed by atoms with Crippen LogP contribution in [0.3, 0.4) is 0 Å². The molecule has 0 N–H and O–H groups in total. The Kier molecular flexibility index (Phi) is 5.74. The summed E-state index contributed by atoms with van der Waals surface area (Å²) in [6, 6.07) is 1.99. The lowest BCUT2D eigenvalue weighted by Crippen LogP contribution is -2.48. The van der Waals surface area contributed by atoms with Crippen molar-refractivity contribution in [3.05, 3.63) is 24.2 Å². The molecule has 1 aliphatic rings. The van der Waals surface area contributed by atoms with E-state index in [9.17, 15) is 4.79 Å². The molecule has 0 aromatic carbocycles. The van der Waals surface area contributed by atoms with Crippen molar-refractivity contribution in [1.29, 1.82) is 0 Å². The van der Waals surface area contributed by atoms with E-state index in [0.717, 1.165) is 12.0 Å². The van der Waals surface area contributed by atoms with E-state index in [1.165, 1.54) is 0 Å². The fourth-order valence-electron chi connectivity index (χ4n) is 2.76. The Morgan fingerprint density at radius 2 is 2.17 bits per heavy atom. The molecule has 0 radical (unpaired) electrons. The molecule has 0 saturated carbocycles. The third-order valence-corrected chi connectivity index (χ3v) is 3.83. The molecule has 1 aromatic rings. The predicted molar refractivity (Wildman–Crippen MR) is 88.5 cm³/mol. The van der Waals surface area contributed by atoms with Gasteiger partial charge in [-0.05, 0) is 44.7 Å². The number of nitrogens with zero attached hydrogens (tertiary/aromatic N) is 1. The van der Waals surface area contributed by atoms with Crippen LogP contribution in [0.25, 0.3) is 0 Å². The van der Waals surface area contributed by atoms with Crippen LogP contribution in [-0.2, 0) is 9.47 Å². The van der Waals surface area contributed by atoms with Crippen molar-refractivity contribution in [2.24, 2.45) is 5.92 Å². The molecule has 0 aliphatic carbocycles. The summed E-state index contributed by atoms with van der Waals surface area (Å²) in [4.78, 5) is 14.1. The van der Waals surface area contributed by atoms with Crippen LogP contribution in [0.2, 0.25) is 0 Å². The Hall–Kier alpha value is -1.49. The third kappa shape index (κ3) is 5.27. The zero-order valence-corrected chi connectivity index (χ0v) is 14.9. The van der Waals surface area contributed by atoms with Crippen LogP contribution in [0.5, 0.6) is 0 Å². The summed E-state index contributed by atoms with van der Waals surface area (Å²) in [5.41, 5.74) is 0.662. The van der Waals surface area contributed by atoms with E-state index in [-0.39, 0.29) is 18.1 Å². The minimum atomic E-state index is -0.479. The van der Waals surface area contributed by atoms with Gasteiger partial charge in [-0.25, -0.2) is 4.79 Å². The summed E-state index contributed by atoms with van der Waals surface area (Å²) < 4.78 is 16.8. The molecule has 5 nitrogen and oxygen atoms in total. The van der Waals surface area contributed by atoms with Gasteiger partial charge in [-0.15, -0.1) is 0 Å². The molecular formula is C18H29NO4. The smallest absolute Gasteiger partial charge is 0.410 e. The van der Waals surface area contributed by atoms with Crippen LogP contribution in [0.1, 0.15) is 52.5 Å². The molecule has 130 valence electrons. The van der Waals surface area contributed by atoms with Crippen LogP contribution in [-0.4, -0.2) is 42.4 Å². The molecule has 1 amide bonds. The zero-order chi connectivity index (χ0) is 17.0. The van der Waals surface area contributed by atoms with Gasteiger partial charge in [0.15, 0.2) is 0 Å². The molecule has 1 aliphatic heterocycles. The highest BCUT2D eigenvalue weighted by Gasteiger charge is 2.35. The Balaban J connectivity index is 2.04. The summed E-state index contributed by atoms with van der Waals surface area (Å²) in [7, 11) is 0. The molecule has 1 aromatic heterocycles. The number of hydrogen-bond acceptors (Lipinski definition) is 4. The predicted octanol–water partition coefficient (Wildman–Crippen LogP) is 4.05. The van der Waals surface area contributed by atoms with Crippen LogP contribution < -0.4 is 0 Å². The van der Waals surface area contributed by atoms with Crippen LogP contribution in [0, 0.1) is 5.92 Å². The fourth-order valence-corrected chi connectivity index (χ4v) is 2.76. The summed E-state index contributed by atoms with van der Waals surface area (Å²) in [5, 5.41) is 0. The minimum absolute atomic E-state index is 0.0312. The second kappa shape index (κ2) is 7.39. The van der Waals surface area contributed by atoms with Gasteiger partial charge in [0, 0.05) is 19.1 Å². The van der Waals surface area contributed by atoms with Gasteiger partial charge < -0.3 is 18.8 Å². The Bertz CT molecular complexity index is 490. The average molecular weight is 323 g/mol. The van der Waals surface area contributed by atoms with Gasteiger partial charge >= 0.3 is 6.09 Å². The van der Waals surface area contributed by atoms with Crippen LogP contribution >= 0.6 is 0 Å². The molecule has 2 heterocycles. The van der Waals surface area contributed by atoms with Crippen molar-refractivity contribution >= 4 is 6.09 Å². The number of furan rings is 1. The number of carbonyl (C=O) groups excluding carboxylic acids is 1. The third-order valence-electron chi connectivity index (χ3n) is 3.83. The van der Waals surface area contributed by atoms with Crippen LogP contribution in [0.15, 0.2) is 23.0 Å². The number of rotatable bonds is 4. The molecule has 0 spiro atoms. The Morgan fingerprint density at radius 1 is 1.43 bits per heavy atom. The number of piperidine rings is 1. The van der Waals surface area contributed by atoms with Crippen molar-refractivity contribution in [3.63, 3.8) is 0 Å². The molecule has 2 atom stereocenters. The Labute approximate surface area is 138 Å². The van der Waals surface area contributed by atoms with Gasteiger partial charge in [-0.3, -0.25) is 0 Å². The molecular weight excluding hydrogens is 294 g/mol. The highest BCUT2D eigenvalue weighted by atomic mass is 16.6. The first-order valence-electron chi connectivity index (χ1n) is 8.38. The van der Waals surface area contributed by atoms with Gasteiger partial charge in [0.25, 0.3) is 0 Å². The summed E-state index contributed by atoms with van der Waals surface area (Å²) >= 11 is 0. The van der Waals surface area contributed by atoms with Crippen molar-refractivity contribution in [3.8, 4) is 0 Å². The molecule has 2 unspecified atom stereocenters. The molecule has 2 rings (SSSR count). The van der Waals surface area contributed by atoms with Crippen molar-refractivity contribution in [1.82, 2.24) is 4.90 Å². The number of amides is 1. The highest BCUT2D eigenvalue weighted by Crippen LogP contribution is 2.31. The first kappa shape index (κ1) is 17.9. The highest BCUT2D eigenvalue weighted by molar-refractivity contribution is 5.68. The fraction of sp³-hybridized carbons (Fsp3) is 0.722. The van der Waals surface area contributed by atoms with E-state index >= 15 is 0 Å². The van der Waals surface area contributed by atoms with Crippen molar-refractivity contribution in [2.75, 3.05) is 19.7 Å². The normalized spacial score (nSPS) is 22.4. The first-order valence-corrected chi connectivity index (χ1v) is 8.38. The summed E-state index contributed by atoms with van der Waals surface area (Å²) in [5.74, 6) is 0.711. The Morgan fingerprint density at radius 3 is 2.74 bits per heavy atom. The maximum Gasteiger partial charge on any atom is 0.410 e. The van der Waals surface area contributed by atoms with Crippen molar-refractivity contribution in [2.45, 2.75) is 58.7 Å². The monoisotopic (exact) mass is 323 g/mol. The van der Waals surface area contributed by atoms with Gasteiger partial charge in [0.05, 0.1) is 25.2 Å². The summed E-state index contributed by atoms with van der Waals surface area (Å²) in [6.45, 7) is 11.8. The number of hydrogen-bond donors (Lipinski definition) is 0. The maximum atomic E-state index is 12.3.